The van der Waals surface area contributed by atoms with Crippen LogP contribution < -0.4 is 9.21 Å². The van der Waals surface area contributed by atoms with Gasteiger partial charge in [0.25, 0.3) is 15.9 Å². The third-order valence-corrected chi connectivity index (χ3v) is 12.0. The van der Waals surface area contributed by atoms with Crippen LogP contribution in [0.15, 0.2) is 98.0 Å². The van der Waals surface area contributed by atoms with Gasteiger partial charge in [0, 0.05) is 47.6 Å². The lowest BCUT2D eigenvalue weighted by molar-refractivity contribution is 0.0663. The summed E-state index contributed by atoms with van der Waals surface area (Å²) in [6, 6.07) is 23.4. The number of piperazine rings is 1. The number of thiophene rings is 1. The zero-order chi connectivity index (χ0) is 32.6. The van der Waals surface area contributed by atoms with Crippen molar-refractivity contribution in [3.8, 4) is 0 Å². The second kappa shape index (κ2) is 12.9. The van der Waals surface area contributed by atoms with Gasteiger partial charge in [0.2, 0.25) is 5.76 Å². The number of carboxylic acids is 1. The fraction of sp³-hybridized carbons (Fsp3) is 0.235. The van der Waals surface area contributed by atoms with Crippen LogP contribution in [0.2, 0.25) is 0 Å². The van der Waals surface area contributed by atoms with E-state index in [1.807, 2.05) is 77.9 Å². The highest BCUT2D eigenvalue weighted by Crippen LogP contribution is 2.37. The minimum atomic E-state index is -4.13. The van der Waals surface area contributed by atoms with Gasteiger partial charge < -0.3 is 19.3 Å². The molecule has 5 aromatic rings. The van der Waals surface area contributed by atoms with E-state index in [0.29, 0.717) is 53.2 Å². The predicted octanol–water partition coefficient (Wildman–Crippen LogP) is 7.05. The predicted molar refractivity (Wildman–Crippen MR) is 184 cm³/mol. The minimum absolute atomic E-state index is 0.0234. The molecule has 2 aromatic heterocycles. The molecule has 0 saturated carbocycles. The van der Waals surface area contributed by atoms with Crippen molar-refractivity contribution in [1.29, 1.82) is 0 Å². The highest BCUT2D eigenvalue weighted by Gasteiger charge is 2.33. The van der Waals surface area contributed by atoms with Crippen LogP contribution in [0.1, 0.15) is 38.3 Å². The maximum Gasteiger partial charge on any atom is 0.372 e. The summed E-state index contributed by atoms with van der Waals surface area (Å²) < 4.78 is 36.9. The number of carbonyl (C=O) groups is 2. The number of carbonyl (C=O) groups excluding carboxylic acids is 1. The summed E-state index contributed by atoms with van der Waals surface area (Å²) in [5.41, 5.74) is 2.95. The lowest BCUT2D eigenvalue weighted by atomic mass is 10.1. The molecule has 1 atom stereocenters. The zero-order valence-electron chi connectivity index (χ0n) is 25.2. The number of nitrogens with zero attached hydrogens (tertiary/aromatic N) is 3. The molecule has 12 heteroatoms. The van der Waals surface area contributed by atoms with Gasteiger partial charge in [-0.2, -0.15) is 0 Å². The van der Waals surface area contributed by atoms with E-state index in [2.05, 4.69) is 20.8 Å². The molecule has 0 spiro atoms. The molecule has 1 N–H and O–H groups in total. The summed E-state index contributed by atoms with van der Waals surface area (Å²) in [6.07, 6.45) is 0.470. The summed E-state index contributed by atoms with van der Waals surface area (Å²) >= 11 is 4.88. The number of anilines is 2. The summed E-state index contributed by atoms with van der Waals surface area (Å²) in [6.45, 7) is 5.32. The fourth-order valence-corrected chi connectivity index (χ4v) is 8.96. The van der Waals surface area contributed by atoms with Gasteiger partial charge >= 0.3 is 5.97 Å². The van der Waals surface area contributed by atoms with Gasteiger partial charge in [-0.05, 0) is 83.5 Å². The second-order valence-corrected chi connectivity index (χ2v) is 14.8. The Morgan fingerprint density at radius 1 is 1.04 bits per heavy atom. The Morgan fingerprint density at radius 2 is 1.78 bits per heavy atom. The van der Waals surface area contributed by atoms with E-state index >= 15 is 0 Å². The smallest absolute Gasteiger partial charge is 0.372 e. The number of sulfonamides is 1. The van der Waals surface area contributed by atoms with Crippen molar-refractivity contribution in [1.82, 2.24) is 4.90 Å². The molecule has 46 heavy (non-hydrogen) atoms. The van der Waals surface area contributed by atoms with Crippen molar-refractivity contribution < 1.29 is 27.5 Å². The maximum atomic E-state index is 14.6. The van der Waals surface area contributed by atoms with Gasteiger partial charge in [-0.3, -0.25) is 9.10 Å². The highest BCUT2D eigenvalue weighted by atomic mass is 79.9. The molecule has 9 nitrogen and oxygen atoms in total. The molecule has 3 heterocycles. The first-order valence-electron chi connectivity index (χ1n) is 14.8. The third-order valence-electron chi connectivity index (χ3n) is 8.32. The van der Waals surface area contributed by atoms with Crippen LogP contribution in [0, 0.1) is 6.92 Å². The number of rotatable bonds is 9. The topological polar surface area (TPSA) is 111 Å². The number of carboxylic acid groups (broad SMARTS) is 1. The molecule has 1 fully saturated rings. The lowest BCUT2D eigenvalue weighted by Crippen LogP contribution is -2.54. The largest absolute Gasteiger partial charge is 0.475 e. The van der Waals surface area contributed by atoms with Crippen molar-refractivity contribution in [3.63, 3.8) is 0 Å². The number of benzene rings is 3. The number of amides is 1. The summed E-state index contributed by atoms with van der Waals surface area (Å²) in [7, 11) is -4.13. The number of para-hydroxylation sites is 2. The Morgan fingerprint density at radius 3 is 2.48 bits per heavy atom. The first-order valence-corrected chi connectivity index (χ1v) is 17.9. The molecule has 0 radical (unpaired) electrons. The number of fused-ring (bicyclic) bond motifs is 1. The SMILES string of the molecule is Cc1c(C(=O)O)oc2ccc(S(=O)(=O)N(CCc3ccccc3)c3ccccc3N3CCN(C(=O)c4sccc4Br)C[C@H]3C)cc12. The van der Waals surface area contributed by atoms with Gasteiger partial charge in [-0.1, -0.05) is 42.5 Å². The van der Waals surface area contributed by atoms with E-state index in [-0.39, 0.29) is 29.1 Å². The van der Waals surface area contributed by atoms with Crippen LogP contribution in [0.3, 0.4) is 0 Å². The van der Waals surface area contributed by atoms with E-state index in [0.717, 1.165) is 15.7 Å². The van der Waals surface area contributed by atoms with Crippen molar-refractivity contribution in [3.05, 3.63) is 110 Å². The molecule has 6 rings (SSSR count). The Hall–Kier alpha value is -4.13. The standard InChI is InChI=1S/C34H32BrN3O6S2/c1-22-21-36(33(39)32-27(35)15-19-45-32)17-18-37(22)28-10-6-7-11-29(28)38(16-14-24-8-4-3-5-9-24)46(42,43)25-12-13-30-26(20-25)23(2)31(44-30)34(40)41/h3-13,15,19-20,22H,14,16-18,21H2,1-2H3,(H,40,41)/t22-/m1/s1. The molecule has 0 aliphatic carbocycles. The Bertz CT molecular complexity index is 2020. The van der Waals surface area contributed by atoms with Crippen molar-refractivity contribution in [2.75, 3.05) is 35.4 Å². The van der Waals surface area contributed by atoms with Crippen LogP contribution in [0.5, 0.6) is 0 Å². The van der Waals surface area contributed by atoms with Gasteiger partial charge in [-0.15, -0.1) is 11.3 Å². The minimum Gasteiger partial charge on any atom is -0.475 e. The average Bonchev–Trinajstić information content (AvgIpc) is 3.63. The molecular weight excluding hydrogens is 690 g/mol. The number of aryl methyl sites for hydroxylation is 1. The molecule has 1 aliphatic heterocycles. The first-order chi connectivity index (χ1) is 22.1. The van der Waals surface area contributed by atoms with Gasteiger partial charge in [0.1, 0.15) is 10.5 Å². The number of hydrogen-bond acceptors (Lipinski definition) is 7. The van der Waals surface area contributed by atoms with E-state index < -0.39 is 16.0 Å². The first kappa shape index (κ1) is 31.8. The van der Waals surface area contributed by atoms with Crippen molar-refractivity contribution in [2.24, 2.45) is 0 Å². The summed E-state index contributed by atoms with van der Waals surface area (Å²) in [5.74, 6) is -1.45. The molecule has 0 unspecified atom stereocenters. The van der Waals surface area contributed by atoms with Crippen molar-refractivity contribution >= 4 is 71.5 Å². The molecule has 238 valence electrons. The number of halogens is 1. The zero-order valence-corrected chi connectivity index (χ0v) is 28.4. The Labute approximate surface area is 279 Å². The summed E-state index contributed by atoms with van der Waals surface area (Å²) in [4.78, 5) is 29.7. The number of hydrogen-bond donors (Lipinski definition) is 1. The van der Waals surface area contributed by atoms with Crippen LogP contribution >= 0.6 is 27.3 Å². The normalized spacial score (nSPS) is 15.3. The Kier molecular flexibility index (Phi) is 8.95. The monoisotopic (exact) mass is 721 g/mol. The van der Waals surface area contributed by atoms with E-state index in [1.54, 1.807) is 6.92 Å². The van der Waals surface area contributed by atoms with Crippen LogP contribution in [0.4, 0.5) is 11.4 Å². The molecule has 0 bridgehead atoms. The number of furan rings is 1. The highest BCUT2D eigenvalue weighted by molar-refractivity contribution is 9.10. The second-order valence-electron chi connectivity index (χ2n) is 11.2. The van der Waals surface area contributed by atoms with Gasteiger partial charge in [0.15, 0.2) is 0 Å². The van der Waals surface area contributed by atoms with Crippen LogP contribution in [0.25, 0.3) is 11.0 Å². The fourth-order valence-electron chi connectivity index (χ4n) is 5.94. The third kappa shape index (κ3) is 6.04. The van der Waals surface area contributed by atoms with Crippen LogP contribution in [-0.2, 0) is 16.4 Å². The van der Waals surface area contributed by atoms with Crippen LogP contribution in [-0.4, -0.2) is 62.5 Å². The van der Waals surface area contributed by atoms with E-state index in [9.17, 15) is 23.1 Å². The van der Waals surface area contributed by atoms with E-state index in [1.165, 1.54) is 33.8 Å². The Balaban J connectivity index is 1.37. The maximum absolute atomic E-state index is 14.6. The van der Waals surface area contributed by atoms with Crippen molar-refractivity contribution in [2.45, 2.75) is 31.2 Å². The lowest BCUT2D eigenvalue weighted by Gasteiger charge is -2.42. The quantitative estimate of drug-likeness (QED) is 0.174. The summed E-state index contributed by atoms with van der Waals surface area (Å²) in [5, 5.41) is 11.9. The molecule has 1 saturated heterocycles. The number of aromatic carboxylic acids is 1. The average molecular weight is 723 g/mol. The molecule has 1 aliphatic rings. The van der Waals surface area contributed by atoms with Gasteiger partial charge in [-0.25, -0.2) is 13.2 Å². The molecule has 1 amide bonds. The van der Waals surface area contributed by atoms with E-state index in [4.69, 9.17) is 4.42 Å². The van der Waals surface area contributed by atoms with Gasteiger partial charge in [0.05, 0.1) is 16.3 Å². The molecule has 3 aromatic carbocycles. The molecular formula is C34H32BrN3O6S2.